The van der Waals surface area contributed by atoms with E-state index >= 15 is 0 Å². The van der Waals surface area contributed by atoms with Crippen molar-refractivity contribution in [3.63, 3.8) is 0 Å². The van der Waals surface area contributed by atoms with Crippen LogP contribution in [0.4, 0.5) is 0 Å². The number of ether oxygens (including phenoxy) is 2. The first kappa shape index (κ1) is 40.1. The fourth-order valence-electron chi connectivity index (χ4n) is 7.92. The Morgan fingerprint density at radius 3 is 1.90 bits per heavy atom. The molecule has 0 amide bonds. The summed E-state index contributed by atoms with van der Waals surface area (Å²) >= 11 is 0. The average molecular weight is 665 g/mol. The average Bonchev–Trinajstić information content (AvgIpc) is 3.02. The van der Waals surface area contributed by atoms with E-state index in [-0.39, 0.29) is 0 Å². The van der Waals surface area contributed by atoms with Gasteiger partial charge in [0, 0.05) is 11.1 Å². The van der Waals surface area contributed by atoms with Crippen molar-refractivity contribution in [3.8, 4) is 23.0 Å². The van der Waals surface area contributed by atoms with Gasteiger partial charge in [0.1, 0.15) is 36.2 Å². The maximum atomic E-state index is 11.5. The lowest BCUT2D eigenvalue weighted by Gasteiger charge is -2.38. The highest BCUT2D eigenvalue weighted by molar-refractivity contribution is 5.50. The van der Waals surface area contributed by atoms with E-state index in [1.165, 1.54) is 57.8 Å². The lowest BCUT2D eigenvalue weighted by Crippen LogP contribution is -2.27. The SMILES string of the molecule is CCCCCc1cc(O)c(CC[C@H](C)CCCC(C)C)c(OCCOc2cc(CCCCC)cc(O)c2[C@@H]2C[C@@H](C)CC[C@H]2C(C)C)c1. The van der Waals surface area contributed by atoms with Crippen LogP contribution in [0.15, 0.2) is 24.3 Å². The van der Waals surface area contributed by atoms with Crippen LogP contribution in [0.1, 0.15) is 167 Å². The highest BCUT2D eigenvalue weighted by atomic mass is 16.5. The minimum absolute atomic E-state index is 0.292. The van der Waals surface area contributed by atoms with Gasteiger partial charge < -0.3 is 19.7 Å². The van der Waals surface area contributed by atoms with Gasteiger partial charge in [-0.3, -0.25) is 0 Å². The van der Waals surface area contributed by atoms with Crippen molar-refractivity contribution in [1.82, 2.24) is 0 Å². The first-order chi connectivity index (χ1) is 23.0. The normalized spacial score (nSPS) is 18.8. The van der Waals surface area contributed by atoms with Crippen LogP contribution >= 0.6 is 0 Å². The summed E-state index contributed by atoms with van der Waals surface area (Å²) in [5.41, 5.74) is 4.23. The van der Waals surface area contributed by atoms with Crippen LogP contribution in [-0.2, 0) is 19.3 Å². The molecular weight excluding hydrogens is 592 g/mol. The second-order valence-electron chi connectivity index (χ2n) is 16.1. The van der Waals surface area contributed by atoms with E-state index in [2.05, 4.69) is 67.5 Å². The summed E-state index contributed by atoms with van der Waals surface area (Å²) in [5.74, 6) is 5.77. The first-order valence-electron chi connectivity index (χ1n) is 20.0. The molecule has 2 aromatic carbocycles. The summed E-state index contributed by atoms with van der Waals surface area (Å²) in [7, 11) is 0. The predicted molar refractivity (Wildman–Crippen MR) is 204 cm³/mol. The van der Waals surface area contributed by atoms with Gasteiger partial charge in [-0.2, -0.15) is 0 Å². The molecule has 0 heterocycles. The maximum absolute atomic E-state index is 11.5. The number of rotatable bonds is 22. The molecule has 4 heteroatoms. The van der Waals surface area contributed by atoms with Crippen molar-refractivity contribution in [1.29, 1.82) is 0 Å². The summed E-state index contributed by atoms with van der Waals surface area (Å²) in [4.78, 5) is 0. The van der Waals surface area contributed by atoms with Gasteiger partial charge >= 0.3 is 0 Å². The van der Waals surface area contributed by atoms with Crippen LogP contribution in [0.25, 0.3) is 0 Å². The minimum Gasteiger partial charge on any atom is -0.508 e. The molecule has 0 bridgehead atoms. The lowest BCUT2D eigenvalue weighted by molar-refractivity contribution is 0.182. The zero-order chi connectivity index (χ0) is 35.1. The molecule has 48 heavy (non-hydrogen) atoms. The minimum atomic E-state index is 0.292. The third kappa shape index (κ3) is 12.8. The molecule has 4 nitrogen and oxygen atoms in total. The van der Waals surface area contributed by atoms with Gasteiger partial charge in [0.25, 0.3) is 0 Å². The number of hydrogen-bond acceptors (Lipinski definition) is 4. The van der Waals surface area contributed by atoms with Gasteiger partial charge in [0.15, 0.2) is 0 Å². The third-order valence-electron chi connectivity index (χ3n) is 10.9. The van der Waals surface area contributed by atoms with E-state index in [1.54, 1.807) is 0 Å². The summed E-state index contributed by atoms with van der Waals surface area (Å²) < 4.78 is 13.1. The number of phenols is 2. The van der Waals surface area contributed by atoms with Crippen molar-refractivity contribution >= 4 is 0 Å². The lowest BCUT2D eigenvalue weighted by atomic mass is 9.67. The van der Waals surface area contributed by atoms with E-state index < -0.39 is 0 Å². The zero-order valence-corrected chi connectivity index (χ0v) is 32.2. The molecule has 4 atom stereocenters. The monoisotopic (exact) mass is 665 g/mol. The van der Waals surface area contributed by atoms with Crippen molar-refractivity contribution in [3.05, 3.63) is 46.5 Å². The molecule has 0 spiro atoms. The number of aryl methyl sites for hydroxylation is 2. The quantitative estimate of drug-likeness (QED) is 0.123. The summed E-state index contributed by atoms with van der Waals surface area (Å²) in [6.45, 7) is 19.2. The van der Waals surface area contributed by atoms with Crippen molar-refractivity contribution < 1.29 is 19.7 Å². The number of aromatic hydroxyl groups is 2. The predicted octanol–water partition coefficient (Wildman–Crippen LogP) is 12.6. The van der Waals surface area contributed by atoms with Gasteiger partial charge in [0.2, 0.25) is 0 Å². The van der Waals surface area contributed by atoms with E-state index in [4.69, 9.17) is 9.47 Å². The second-order valence-corrected chi connectivity index (χ2v) is 16.1. The molecule has 0 aromatic heterocycles. The number of unbranched alkanes of at least 4 members (excludes halogenated alkanes) is 4. The van der Waals surface area contributed by atoms with Crippen molar-refractivity contribution in [2.75, 3.05) is 13.2 Å². The summed E-state index contributed by atoms with van der Waals surface area (Å²) in [5, 5.41) is 22.7. The van der Waals surface area contributed by atoms with Crippen molar-refractivity contribution in [2.24, 2.45) is 29.6 Å². The molecule has 3 rings (SSSR count). The van der Waals surface area contributed by atoms with Gasteiger partial charge in [0.05, 0.1) is 0 Å². The molecule has 0 radical (unpaired) electrons. The Morgan fingerprint density at radius 1 is 0.688 bits per heavy atom. The molecule has 2 aromatic rings. The van der Waals surface area contributed by atoms with E-state index in [0.717, 1.165) is 84.6 Å². The topological polar surface area (TPSA) is 58.9 Å². The molecule has 1 aliphatic rings. The fourth-order valence-corrected chi connectivity index (χ4v) is 7.92. The van der Waals surface area contributed by atoms with Crippen LogP contribution in [0.2, 0.25) is 0 Å². The standard InChI is InChI=1S/C44H72O4/c1-9-11-13-18-35-27-40(45)38(23-20-33(7)17-15-16-31(3)4)42(29-35)47-24-25-48-43-30-36(19-14-12-10-2)28-41(46)44(43)39-26-34(8)21-22-37(39)32(5)6/h27-34,37,39,45-46H,9-26H2,1-8H3/t33-,34+,37+,39-/m1/s1. The van der Waals surface area contributed by atoms with Crippen LogP contribution in [0.5, 0.6) is 23.0 Å². The molecule has 0 saturated heterocycles. The second kappa shape index (κ2) is 21.0. The van der Waals surface area contributed by atoms with Gasteiger partial charge in [-0.05, 0) is 122 Å². The number of phenolic OH excluding ortho intramolecular Hbond substituents is 2. The Balaban J connectivity index is 1.80. The van der Waals surface area contributed by atoms with Crippen LogP contribution < -0.4 is 9.47 Å². The van der Waals surface area contributed by atoms with Gasteiger partial charge in [-0.15, -0.1) is 0 Å². The van der Waals surface area contributed by atoms with Crippen molar-refractivity contribution in [2.45, 2.75) is 164 Å². The Labute approximate surface area is 295 Å². The van der Waals surface area contributed by atoms with Gasteiger partial charge in [-0.1, -0.05) is 107 Å². The molecule has 1 aliphatic carbocycles. The van der Waals surface area contributed by atoms with E-state index in [9.17, 15) is 10.2 Å². The first-order valence-corrected chi connectivity index (χ1v) is 20.0. The van der Waals surface area contributed by atoms with Crippen LogP contribution in [0, 0.1) is 29.6 Å². The van der Waals surface area contributed by atoms with Gasteiger partial charge in [-0.25, -0.2) is 0 Å². The van der Waals surface area contributed by atoms with E-state index in [1.807, 2.05) is 12.1 Å². The Hall–Kier alpha value is -2.36. The molecule has 0 unspecified atom stereocenters. The molecular formula is C44H72O4. The molecule has 1 fully saturated rings. The molecule has 272 valence electrons. The molecule has 2 N–H and O–H groups in total. The summed E-state index contributed by atoms with van der Waals surface area (Å²) in [6.07, 6.45) is 18.0. The van der Waals surface area contributed by atoms with Crippen LogP contribution in [0.3, 0.4) is 0 Å². The third-order valence-corrected chi connectivity index (χ3v) is 10.9. The molecule has 0 aliphatic heterocycles. The Bertz CT molecular complexity index is 1200. The highest BCUT2D eigenvalue weighted by Gasteiger charge is 2.35. The molecule has 1 saturated carbocycles. The Morgan fingerprint density at radius 2 is 1.29 bits per heavy atom. The highest BCUT2D eigenvalue weighted by Crippen LogP contribution is 2.50. The van der Waals surface area contributed by atoms with Crippen LogP contribution in [-0.4, -0.2) is 23.4 Å². The number of benzene rings is 2. The maximum Gasteiger partial charge on any atom is 0.126 e. The largest absolute Gasteiger partial charge is 0.508 e. The summed E-state index contributed by atoms with van der Waals surface area (Å²) in [6, 6.07) is 8.34. The van der Waals surface area contributed by atoms with E-state index in [0.29, 0.717) is 54.3 Å². The number of hydrogen-bond donors (Lipinski definition) is 2. The smallest absolute Gasteiger partial charge is 0.126 e. The fraction of sp³-hybridized carbons (Fsp3) is 0.727. The zero-order valence-electron chi connectivity index (χ0n) is 32.2. The Kier molecular flexibility index (Phi) is 17.5.